The lowest BCUT2D eigenvalue weighted by molar-refractivity contribution is -0.137. The number of ether oxygens (including phenoxy) is 2. The number of pyridine rings is 1. The van der Waals surface area contributed by atoms with Crippen LogP contribution >= 0.6 is 0 Å². The van der Waals surface area contributed by atoms with Gasteiger partial charge in [0.2, 0.25) is 0 Å². The van der Waals surface area contributed by atoms with Crippen molar-refractivity contribution in [1.82, 2.24) is 10.3 Å². The van der Waals surface area contributed by atoms with E-state index in [4.69, 9.17) is 9.47 Å². The van der Waals surface area contributed by atoms with Gasteiger partial charge in [0, 0.05) is 25.5 Å². The molecule has 1 aliphatic rings. The van der Waals surface area contributed by atoms with Crippen LogP contribution < -0.4 is 5.32 Å². The van der Waals surface area contributed by atoms with E-state index in [2.05, 4.69) is 10.3 Å². The van der Waals surface area contributed by atoms with Crippen molar-refractivity contribution in [3.8, 4) is 0 Å². The highest BCUT2D eigenvalue weighted by Gasteiger charge is 2.12. The highest BCUT2D eigenvalue weighted by Crippen LogP contribution is 2.04. The molecule has 0 aromatic carbocycles. The van der Waals surface area contributed by atoms with Crippen LogP contribution in [0.15, 0.2) is 24.5 Å². The third kappa shape index (κ3) is 3.58. The lowest BCUT2D eigenvalue weighted by atomic mass is 10.2. The lowest BCUT2D eigenvalue weighted by Gasteiger charge is -2.22. The molecule has 1 N–H and O–H groups in total. The van der Waals surface area contributed by atoms with Crippen LogP contribution in [0.25, 0.3) is 0 Å². The molecule has 0 aliphatic carbocycles. The predicted octanol–water partition coefficient (Wildman–Crippen LogP) is 0.934. The molecule has 1 aromatic rings. The van der Waals surface area contributed by atoms with Crippen molar-refractivity contribution in [3.63, 3.8) is 0 Å². The van der Waals surface area contributed by atoms with Crippen LogP contribution in [-0.2, 0) is 16.0 Å². The second-order valence-electron chi connectivity index (χ2n) is 3.59. The Morgan fingerprint density at radius 2 is 2.27 bits per heavy atom. The lowest BCUT2D eigenvalue weighted by Crippen LogP contribution is -2.33. The van der Waals surface area contributed by atoms with Crippen molar-refractivity contribution in [2.24, 2.45) is 0 Å². The molecule has 1 saturated heterocycles. The van der Waals surface area contributed by atoms with Crippen LogP contribution in [0.3, 0.4) is 0 Å². The molecule has 2 rings (SSSR count). The molecule has 0 spiro atoms. The molecule has 1 fully saturated rings. The number of rotatable bonds is 4. The van der Waals surface area contributed by atoms with Crippen LogP contribution in [0.4, 0.5) is 0 Å². The maximum atomic E-state index is 5.42. The standard InChI is InChI=1S/C11H16N2O2/c1-4-12-5-2-10(1)7-13-8-11-3-6-14-9-15-11/h1-2,4-5,11,13H,3,6-9H2. The van der Waals surface area contributed by atoms with Crippen molar-refractivity contribution < 1.29 is 9.47 Å². The summed E-state index contributed by atoms with van der Waals surface area (Å²) in [4.78, 5) is 3.97. The summed E-state index contributed by atoms with van der Waals surface area (Å²) < 4.78 is 10.5. The minimum atomic E-state index is 0.292. The van der Waals surface area contributed by atoms with Crippen molar-refractivity contribution in [1.29, 1.82) is 0 Å². The zero-order chi connectivity index (χ0) is 10.3. The third-order valence-electron chi connectivity index (χ3n) is 2.42. The molecule has 15 heavy (non-hydrogen) atoms. The van der Waals surface area contributed by atoms with Crippen LogP contribution in [0.1, 0.15) is 12.0 Å². The first-order chi connectivity index (χ1) is 7.45. The molecule has 1 unspecified atom stereocenters. The van der Waals surface area contributed by atoms with Crippen molar-refractivity contribution >= 4 is 0 Å². The van der Waals surface area contributed by atoms with Gasteiger partial charge in [-0.15, -0.1) is 0 Å². The maximum Gasteiger partial charge on any atom is 0.147 e. The SMILES string of the molecule is c1cc(CNCC2CCOCO2)ccn1. The summed E-state index contributed by atoms with van der Waals surface area (Å²) in [5.41, 5.74) is 1.25. The van der Waals surface area contributed by atoms with Crippen LogP contribution in [0.5, 0.6) is 0 Å². The molecule has 0 bridgehead atoms. The monoisotopic (exact) mass is 208 g/mol. The summed E-state index contributed by atoms with van der Waals surface area (Å²) in [6.45, 7) is 2.98. The molecular formula is C11H16N2O2. The van der Waals surface area contributed by atoms with Crippen LogP contribution in [0, 0.1) is 0 Å². The number of nitrogens with one attached hydrogen (secondary N) is 1. The summed E-state index contributed by atoms with van der Waals surface area (Å²) in [6.07, 6.45) is 4.88. The van der Waals surface area contributed by atoms with E-state index < -0.39 is 0 Å². The van der Waals surface area contributed by atoms with Gasteiger partial charge in [-0.05, 0) is 24.1 Å². The second kappa shape index (κ2) is 5.80. The molecule has 4 heteroatoms. The van der Waals surface area contributed by atoms with Gasteiger partial charge in [0.05, 0.1) is 12.7 Å². The highest BCUT2D eigenvalue weighted by atomic mass is 16.7. The number of hydrogen-bond acceptors (Lipinski definition) is 4. The Labute approximate surface area is 89.6 Å². The van der Waals surface area contributed by atoms with Gasteiger partial charge in [0.1, 0.15) is 6.79 Å². The van der Waals surface area contributed by atoms with E-state index in [0.29, 0.717) is 12.9 Å². The third-order valence-corrected chi connectivity index (χ3v) is 2.42. The molecular weight excluding hydrogens is 192 g/mol. The Bertz CT molecular complexity index is 273. The molecule has 0 saturated carbocycles. The zero-order valence-electron chi connectivity index (χ0n) is 8.69. The number of nitrogens with zero attached hydrogens (tertiary/aromatic N) is 1. The van der Waals surface area contributed by atoms with E-state index in [-0.39, 0.29) is 0 Å². The Kier molecular flexibility index (Phi) is 4.08. The van der Waals surface area contributed by atoms with Crippen LogP contribution in [0.2, 0.25) is 0 Å². The van der Waals surface area contributed by atoms with E-state index in [1.165, 1.54) is 5.56 Å². The summed E-state index contributed by atoms with van der Waals surface area (Å²) in [5, 5.41) is 3.36. The fraction of sp³-hybridized carbons (Fsp3) is 0.545. The van der Waals surface area contributed by atoms with Gasteiger partial charge in [0.15, 0.2) is 0 Å². The highest BCUT2D eigenvalue weighted by molar-refractivity contribution is 5.08. The minimum Gasteiger partial charge on any atom is -0.355 e. The fourth-order valence-corrected chi connectivity index (χ4v) is 1.54. The van der Waals surface area contributed by atoms with Crippen molar-refractivity contribution in [3.05, 3.63) is 30.1 Å². The molecule has 82 valence electrons. The summed E-state index contributed by atoms with van der Waals surface area (Å²) in [7, 11) is 0. The van der Waals surface area contributed by atoms with Gasteiger partial charge < -0.3 is 14.8 Å². The van der Waals surface area contributed by atoms with Crippen molar-refractivity contribution in [2.45, 2.75) is 19.1 Å². The number of aromatic nitrogens is 1. The van der Waals surface area contributed by atoms with E-state index in [9.17, 15) is 0 Å². The molecule has 1 atom stereocenters. The quantitative estimate of drug-likeness (QED) is 0.799. The van der Waals surface area contributed by atoms with Gasteiger partial charge in [-0.3, -0.25) is 4.98 Å². The minimum absolute atomic E-state index is 0.292. The van der Waals surface area contributed by atoms with Gasteiger partial charge >= 0.3 is 0 Å². The Hall–Kier alpha value is -0.970. The van der Waals surface area contributed by atoms with E-state index in [1.54, 1.807) is 0 Å². The average molecular weight is 208 g/mol. The molecule has 0 radical (unpaired) electrons. The van der Waals surface area contributed by atoms with E-state index >= 15 is 0 Å². The van der Waals surface area contributed by atoms with Gasteiger partial charge in [-0.25, -0.2) is 0 Å². The molecule has 4 nitrogen and oxygen atoms in total. The summed E-state index contributed by atoms with van der Waals surface area (Å²) in [6, 6.07) is 4.02. The summed E-state index contributed by atoms with van der Waals surface area (Å²) in [5.74, 6) is 0. The van der Waals surface area contributed by atoms with E-state index in [1.807, 2.05) is 24.5 Å². The molecule has 1 aliphatic heterocycles. The Morgan fingerprint density at radius 3 is 3.00 bits per heavy atom. The first kappa shape index (κ1) is 10.5. The van der Waals surface area contributed by atoms with Crippen molar-refractivity contribution in [2.75, 3.05) is 19.9 Å². The largest absolute Gasteiger partial charge is 0.355 e. The predicted molar refractivity (Wildman–Crippen MR) is 56.3 cm³/mol. The Morgan fingerprint density at radius 1 is 1.40 bits per heavy atom. The Balaban J connectivity index is 1.66. The maximum absolute atomic E-state index is 5.42. The molecule has 2 heterocycles. The number of hydrogen-bond donors (Lipinski definition) is 1. The van der Waals surface area contributed by atoms with Crippen LogP contribution in [-0.4, -0.2) is 31.0 Å². The summed E-state index contributed by atoms with van der Waals surface area (Å²) >= 11 is 0. The topological polar surface area (TPSA) is 43.4 Å². The molecule has 0 amide bonds. The fourth-order valence-electron chi connectivity index (χ4n) is 1.54. The molecule has 1 aromatic heterocycles. The average Bonchev–Trinajstić information content (AvgIpc) is 2.32. The normalized spacial score (nSPS) is 21.5. The second-order valence-corrected chi connectivity index (χ2v) is 3.59. The van der Waals surface area contributed by atoms with E-state index in [0.717, 1.165) is 26.1 Å². The zero-order valence-corrected chi connectivity index (χ0v) is 8.69. The first-order valence-corrected chi connectivity index (χ1v) is 5.24. The van der Waals surface area contributed by atoms with Gasteiger partial charge in [-0.1, -0.05) is 0 Å². The first-order valence-electron chi connectivity index (χ1n) is 5.24. The smallest absolute Gasteiger partial charge is 0.147 e. The van der Waals surface area contributed by atoms with Gasteiger partial charge in [0.25, 0.3) is 0 Å². The van der Waals surface area contributed by atoms with Gasteiger partial charge in [-0.2, -0.15) is 0 Å².